The lowest BCUT2D eigenvalue weighted by molar-refractivity contribution is -0.137. The summed E-state index contributed by atoms with van der Waals surface area (Å²) in [6, 6.07) is 0. The van der Waals surface area contributed by atoms with Crippen LogP contribution in [0.25, 0.3) is 0 Å². The highest BCUT2D eigenvalue weighted by Crippen LogP contribution is 2.13. The summed E-state index contributed by atoms with van der Waals surface area (Å²) in [5, 5.41) is 16.9. The molecule has 0 aliphatic heterocycles. The van der Waals surface area contributed by atoms with E-state index in [0.29, 0.717) is 6.42 Å². The molecule has 0 fully saturated rings. The smallest absolute Gasteiger partial charge is 0.420 e. The summed E-state index contributed by atoms with van der Waals surface area (Å²) in [5.74, 6) is -0.677. The molecule has 0 saturated carbocycles. The van der Waals surface area contributed by atoms with Crippen molar-refractivity contribution >= 4 is 12.1 Å². The van der Waals surface area contributed by atoms with Crippen LogP contribution in [0, 0.1) is 0 Å². The van der Waals surface area contributed by atoms with Crippen molar-refractivity contribution in [3.8, 4) is 0 Å². The lowest BCUT2D eigenvalue weighted by atomic mass is 10.0. The summed E-state index contributed by atoms with van der Waals surface area (Å²) in [4.78, 5) is 20.5. The number of unbranched alkanes of at least 4 members (excludes halogenated alkanes) is 14. The highest BCUT2D eigenvalue weighted by atomic mass is 16.4. The Morgan fingerprint density at radius 1 is 0.484 bits per heavy atom. The van der Waals surface area contributed by atoms with E-state index < -0.39 is 12.1 Å². The van der Waals surface area contributed by atoms with Crippen LogP contribution in [0.1, 0.15) is 103 Å². The van der Waals surface area contributed by atoms with Crippen LogP contribution in [0.3, 0.4) is 0 Å². The Labute approximate surface area is 185 Å². The van der Waals surface area contributed by atoms with E-state index in [4.69, 9.17) is 10.2 Å². The molecular weight excluding hydrogens is 404 g/mol. The molecule has 0 aliphatic rings. The average Bonchev–Trinajstić information content (AvgIpc) is 2.73. The van der Waals surface area contributed by atoms with E-state index in [-0.39, 0.29) is 0 Å². The molecular formula is C19H44N8O4. The number of rotatable bonds is 25. The number of hydrogen-bond acceptors (Lipinski definition) is 9. The zero-order valence-electron chi connectivity index (χ0n) is 18.7. The van der Waals surface area contributed by atoms with Gasteiger partial charge in [-0.2, -0.15) is 33.2 Å². The number of hydrazine groups is 7. The van der Waals surface area contributed by atoms with Gasteiger partial charge in [-0.25, -0.2) is 15.6 Å². The first-order chi connectivity index (χ1) is 15.1. The molecule has 0 bridgehead atoms. The number of carboxylic acids is 1. The summed E-state index contributed by atoms with van der Waals surface area (Å²) in [6.07, 6.45) is 17.6. The van der Waals surface area contributed by atoms with Crippen LogP contribution < -0.4 is 44.1 Å². The van der Waals surface area contributed by atoms with Gasteiger partial charge in [-0.3, -0.25) is 4.79 Å². The topological polar surface area (TPSA) is 171 Å². The zero-order chi connectivity index (χ0) is 22.8. The van der Waals surface area contributed by atoms with Gasteiger partial charge in [-0.15, -0.1) is 0 Å². The fourth-order valence-corrected chi connectivity index (χ4v) is 3.10. The van der Waals surface area contributed by atoms with Gasteiger partial charge in [0.05, 0.1) is 0 Å². The Hall–Kier alpha value is -1.54. The summed E-state index contributed by atoms with van der Waals surface area (Å²) < 4.78 is 0. The van der Waals surface area contributed by atoms with Crippen LogP contribution in [0.15, 0.2) is 0 Å². The van der Waals surface area contributed by atoms with Gasteiger partial charge in [0.2, 0.25) is 0 Å². The molecule has 0 heterocycles. The van der Waals surface area contributed by atoms with Gasteiger partial charge in [0, 0.05) is 13.0 Å². The molecule has 0 aromatic heterocycles. The van der Waals surface area contributed by atoms with Gasteiger partial charge in [0.1, 0.15) is 0 Å². The van der Waals surface area contributed by atoms with E-state index in [9.17, 15) is 9.59 Å². The Morgan fingerprint density at radius 3 is 1.32 bits per heavy atom. The quantitative estimate of drug-likeness (QED) is 0.0732. The van der Waals surface area contributed by atoms with E-state index in [2.05, 4.69) is 38.6 Å². The lowest BCUT2D eigenvalue weighted by Crippen LogP contribution is -2.63. The summed E-state index contributed by atoms with van der Waals surface area (Å²) >= 11 is 0. The molecule has 12 nitrogen and oxygen atoms in total. The lowest BCUT2D eigenvalue weighted by Gasteiger charge is -2.11. The van der Waals surface area contributed by atoms with Crippen LogP contribution >= 0.6 is 0 Å². The van der Waals surface area contributed by atoms with E-state index in [1.165, 1.54) is 77.0 Å². The van der Waals surface area contributed by atoms with Crippen molar-refractivity contribution < 1.29 is 19.8 Å². The van der Waals surface area contributed by atoms with Gasteiger partial charge in [-0.1, -0.05) is 83.5 Å². The molecule has 0 unspecified atom stereocenters. The Morgan fingerprint density at radius 2 is 0.871 bits per heavy atom. The highest BCUT2D eigenvalue weighted by molar-refractivity contribution is 5.66. The summed E-state index contributed by atoms with van der Waals surface area (Å²) in [6.45, 7) is 0.848. The Kier molecular flexibility index (Phi) is 23.5. The second-order valence-electron chi connectivity index (χ2n) is 7.55. The molecule has 0 rings (SSSR count). The van der Waals surface area contributed by atoms with Crippen LogP contribution in [0.2, 0.25) is 0 Å². The first-order valence-electron chi connectivity index (χ1n) is 11.6. The van der Waals surface area contributed by atoms with Gasteiger partial charge >= 0.3 is 12.1 Å². The van der Waals surface area contributed by atoms with E-state index in [1.807, 2.05) is 5.43 Å². The zero-order valence-corrected chi connectivity index (χ0v) is 18.7. The summed E-state index contributed by atoms with van der Waals surface area (Å²) in [5.41, 5.74) is 19.7. The SMILES string of the molecule is O=C(O)CCCCCCCCCCCCCCCCCNNNNNNNNC(=O)O. The van der Waals surface area contributed by atoms with Crippen molar-refractivity contribution in [3.05, 3.63) is 0 Å². The third-order valence-electron chi connectivity index (χ3n) is 4.76. The molecule has 0 aromatic rings. The minimum Gasteiger partial charge on any atom is -0.481 e. The molecule has 10 N–H and O–H groups in total. The van der Waals surface area contributed by atoms with Crippen LogP contribution in [0.4, 0.5) is 4.79 Å². The number of hydrogen-bond donors (Lipinski definition) is 10. The third-order valence-corrected chi connectivity index (χ3v) is 4.76. The second kappa shape index (κ2) is 24.7. The second-order valence-corrected chi connectivity index (χ2v) is 7.55. The predicted molar refractivity (Wildman–Crippen MR) is 119 cm³/mol. The van der Waals surface area contributed by atoms with Crippen molar-refractivity contribution in [2.45, 2.75) is 103 Å². The molecule has 0 atom stereocenters. The van der Waals surface area contributed by atoms with Crippen molar-refractivity contribution in [2.24, 2.45) is 0 Å². The third kappa shape index (κ3) is 28.5. The van der Waals surface area contributed by atoms with E-state index in [1.54, 1.807) is 0 Å². The number of nitrogens with one attached hydrogen (secondary N) is 8. The minimum absolute atomic E-state index is 0.315. The predicted octanol–water partition coefficient (Wildman–Crippen LogP) is 2.11. The van der Waals surface area contributed by atoms with Crippen LogP contribution in [0.5, 0.6) is 0 Å². The van der Waals surface area contributed by atoms with Crippen molar-refractivity contribution in [1.29, 1.82) is 0 Å². The number of carboxylic acid groups (broad SMARTS) is 2. The van der Waals surface area contributed by atoms with Gasteiger partial charge in [-0.05, 0) is 12.8 Å². The molecule has 184 valence electrons. The molecule has 0 radical (unpaired) electrons. The normalized spacial score (nSPS) is 11.0. The largest absolute Gasteiger partial charge is 0.481 e. The van der Waals surface area contributed by atoms with Crippen molar-refractivity contribution in [1.82, 2.24) is 44.1 Å². The van der Waals surface area contributed by atoms with Crippen LogP contribution in [-0.4, -0.2) is 28.8 Å². The van der Waals surface area contributed by atoms with E-state index in [0.717, 1.165) is 25.8 Å². The Balaban J connectivity index is 3.02. The highest BCUT2D eigenvalue weighted by Gasteiger charge is 1.97. The van der Waals surface area contributed by atoms with Gasteiger partial charge < -0.3 is 10.2 Å². The molecule has 0 aromatic carbocycles. The average molecular weight is 449 g/mol. The molecule has 0 saturated heterocycles. The monoisotopic (exact) mass is 448 g/mol. The molecule has 12 heteroatoms. The number of aliphatic carboxylic acids is 1. The van der Waals surface area contributed by atoms with Crippen molar-refractivity contribution in [3.63, 3.8) is 0 Å². The maximum absolute atomic E-state index is 10.4. The fraction of sp³-hybridized carbons (Fsp3) is 0.895. The first-order valence-corrected chi connectivity index (χ1v) is 11.6. The maximum Gasteiger partial charge on any atom is 0.420 e. The van der Waals surface area contributed by atoms with Gasteiger partial charge in [0.25, 0.3) is 0 Å². The van der Waals surface area contributed by atoms with E-state index >= 15 is 0 Å². The van der Waals surface area contributed by atoms with Gasteiger partial charge in [0.15, 0.2) is 0 Å². The van der Waals surface area contributed by atoms with Crippen molar-refractivity contribution in [2.75, 3.05) is 6.54 Å². The first kappa shape index (κ1) is 29.5. The Bertz CT molecular complexity index is 382. The molecule has 0 spiro atoms. The fourth-order valence-electron chi connectivity index (χ4n) is 3.10. The number of amides is 1. The maximum atomic E-state index is 10.4. The number of carbonyl (C=O) groups is 2. The minimum atomic E-state index is -1.20. The standard InChI is InChI=1S/C19H44N8O4/c28-18(29)16-14-12-10-8-6-4-2-1-3-5-7-9-11-13-15-17-20-22-24-26-27-25-23-21-19(30)31/h20-27H,1-17H2,(H,28,29)(H,30,31). The molecule has 0 aliphatic carbocycles. The summed E-state index contributed by atoms with van der Waals surface area (Å²) in [7, 11) is 0. The van der Waals surface area contributed by atoms with Crippen LogP contribution in [-0.2, 0) is 4.79 Å². The molecule has 31 heavy (non-hydrogen) atoms. The molecule has 1 amide bonds.